The Kier molecular flexibility index (Phi) is 13.3. The molecule has 0 aromatic heterocycles. The van der Waals surface area contributed by atoms with Crippen molar-refractivity contribution in [1.82, 2.24) is 5.32 Å². The molecule has 0 unspecified atom stereocenters. The third-order valence-corrected chi connectivity index (χ3v) is 4.34. The van der Waals surface area contributed by atoms with Crippen LogP contribution < -0.4 is 11.1 Å². The minimum atomic E-state index is 0.131. The van der Waals surface area contributed by atoms with Crippen LogP contribution in [0.1, 0.15) is 38.5 Å². The number of rotatable bonds is 14. The number of nitrogens with two attached hydrogens (primary N) is 1. The Labute approximate surface area is 152 Å². The second-order valence-corrected chi connectivity index (χ2v) is 6.34. The van der Waals surface area contributed by atoms with E-state index in [0.717, 1.165) is 38.5 Å². The zero-order chi connectivity index (χ0) is 18.2. The number of hydrogen-bond acceptors (Lipinski definition) is 5. The molecule has 1 fully saturated rings. The van der Waals surface area contributed by atoms with E-state index in [2.05, 4.69) is 11.2 Å². The van der Waals surface area contributed by atoms with Crippen LogP contribution >= 0.6 is 0 Å². The average Bonchev–Trinajstić information content (AvgIpc) is 2.65. The van der Waals surface area contributed by atoms with Gasteiger partial charge in [0.05, 0.1) is 26.4 Å². The van der Waals surface area contributed by atoms with Crippen molar-refractivity contribution in [2.45, 2.75) is 38.5 Å². The predicted octanol–water partition coefficient (Wildman–Crippen LogP) is 1.33. The Morgan fingerprint density at radius 1 is 0.960 bits per heavy atom. The zero-order valence-electron chi connectivity index (χ0n) is 15.3. The van der Waals surface area contributed by atoms with Gasteiger partial charge in [-0.2, -0.15) is 0 Å². The Balaban J connectivity index is 1.83. The first-order chi connectivity index (χ1) is 12.3. The molecule has 0 spiro atoms. The monoisotopic (exact) mass is 354 g/mol. The first-order valence-electron chi connectivity index (χ1n) is 9.45. The summed E-state index contributed by atoms with van der Waals surface area (Å²) in [5, 5.41) is 2.99. The molecule has 1 rings (SSSR count). The van der Waals surface area contributed by atoms with Crippen molar-refractivity contribution in [1.29, 1.82) is 0 Å². The van der Waals surface area contributed by atoms with Gasteiger partial charge in [-0.15, -0.1) is 12.3 Å². The predicted molar refractivity (Wildman–Crippen MR) is 98.0 cm³/mol. The Morgan fingerprint density at radius 2 is 1.52 bits per heavy atom. The van der Waals surface area contributed by atoms with Gasteiger partial charge in [0.25, 0.3) is 0 Å². The van der Waals surface area contributed by atoms with E-state index in [1.807, 2.05) is 0 Å². The van der Waals surface area contributed by atoms with Crippen LogP contribution in [-0.4, -0.2) is 58.6 Å². The number of carbonyl (C=O) groups is 1. The van der Waals surface area contributed by atoms with Crippen LogP contribution in [0.25, 0.3) is 0 Å². The summed E-state index contributed by atoms with van der Waals surface area (Å²) < 4.78 is 16.2. The van der Waals surface area contributed by atoms with Gasteiger partial charge in [-0.3, -0.25) is 4.79 Å². The van der Waals surface area contributed by atoms with Gasteiger partial charge in [0.15, 0.2) is 0 Å². The highest BCUT2D eigenvalue weighted by Gasteiger charge is 2.24. The lowest BCUT2D eigenvalue weighted by atomic mass is 9.82. The molecule has 0 atom stereocenters. The maximum absolute atomic E-state index is 12.1. The highest BCUT2D eigenvalue weighted by atomic mass is 16.5. The highest BCUT2D eigenvalue weighted by Crippen LogP contribution is 2.28. The number of amides is 1. The third kappa shape index (κ3) is 11.2. The average molecular weight is 354 g/mol. The first kappa shape index (κ1) is 21.9. The summed E-state index contributed by atoms with van der Waals surface area (Å²) in [5.74, 6) is 3.44. The molecule has 0 radical (unpaired) electrons. The number of terminal acetylenes is 1. The highest BCUT2D eigenvalue weighted by molar-refractivity contribution is 5.78. The molecule has 0 heterocycles. The van der Waals surface area contributed by atoms with E-state index in [1.54, 1.807) is 0 Å². The summed E-state index contributed by atoms with van der Waals surface area (Å²) in [4.78, 5) is 12.1. The van der Waals surface area contributed by atoms with Gasteiger partial charge in [-0.1, -0.05) is 0 Å². The van der Waals surface area contributed by atoms with Crippen LogP contribution in [0.3, 0.4) is 0 Å². The Hall–Kier alpha value is -1.13. The molecule has 0 bridgehead atoms. The van der Waals surface area contributed by atoms with Crippen molar-refractivity contribution >= 4 is 5.91 Å². The van der Waals surface area contributed by atoms with Crippen LogP contribution in [-0.2, 0) is 19.0 Å². The quantitative estimate of drug-likeness (QED) is 0.363. The van der Waals surface area contributed by atoms with Crippen LogP contribution in [0, 0.1) is 24.2 Å². The molecule has 3 N–H and O–H groups in total. The summed E-state index contributed by atoms with van der Waals surface area (Å²) >= 11 is 0. The van der Waals surface area contributed by atoms with Gasteiger partial charge < -0.3 is 25.3 Å². The fourth-order valence-electron chi connectivity index (χ4n) is 2.78. The summed E-state index contributed by atoms with van der Waals surface area (Å²) in [6, 6.07) is 0. The fourth-order valence-corrected chi connectivity index (χ4v) is 2.78. The second kappa shape index (κ2) is 15.2. The molecule has 1 amide bonds. The molecular formula is C19H34N2O4. The molecule has 0 aromatic carbocycles. The van der Waals surface area contributed by atoms with E-state index >= 15 is 0 Å². The summed E-state index contributed by atoms with van der Waals surface area (Å²) in [7, 11) is 0. The number of nitrogens with one attached hydrogen (secondary N) is 1. The summed E-state index contributed by atoms with van der Waals surface area (Å²) in [6.45, 7) is 4.92. The topological polar surface area (TPSA) is 82.8 Å². The van der Waals surface area contributed by atoms with E-state index < -0.39 is 0 Å². The van der Waals surface area contributed by atoms with Gasteiger partial charge in [-0.05, 0) is 45.1 Å². The van der Waals surface area contributed by atoms with Crippen molar-refractivity contribution in [3.63, 3.8) is 0 Å². The van der Waals surface area contributed by atoms with E-state index in [0.29, 0.717) is 58.6 Å². The molecule has 0 aromatic rings. The number of hydrogen-bond donors (Lipinski definition) is 2. The molecule has 144 valence electrons. The molecule has 1 saturated carbocycles. The molecule has 6 nitrogen and oxygen atoms in total. The van der Waals surface area contributed by atoms with Gasteiger partial charge in [0.1, 0.15) is 0 Å². The molecule has 1 aliphatic rings. The van der Waals surface area contributed by atoms with Crippen LogP contribution in [0.2, 0.25) is 0 Å². The van der Waals surface area contributed by atoms with Crippen molar-refractivity contribution < 1.29 is 19.0 Å². The molecule has 0 saturated heterocycles. The second-order valence-electron chi connectivity index (χ2n) is 6.34. The fraction of sp³-hybridized carbons (Fsp3) is 0.842. The zero-order valence-corrected chi connectivity index (χ0v) is 15.3. The van der Waals surface area contributed by atoms with Gasteiger partial charge >= 0.3 is 0 Å². The van der Waals surface area contributed by atoms with Gasteiger partial charge in [0.2, 0.25) is 5.91 Å². The lowest BCUT2D eigenvalue weighted by Crippen LogP contribution is -2.34. The third-order valence-electron chi connectivity index (χ3n) is 4.34. The maximum atomic E-state index is 12.1. The minimum Gasteiger partial charge on any atom is -0.379 e. The van der Waals surface area contributed by atoms with Gasteiger partial charge in [-0.25, -0.2) is 0 Å². The molecular weight excluding hydrogens is 320 g/mol. The lowest BCUT2D eigenvalue weighted by Gasteiger charge is -2.24. The Morgan fingerprint density at radius 3 is 2.08 bits per heavy atom. The first-order valence-corrected chi connectivity index (χ1v) is 9.45. The smallest absolute Gasteiger partial charge is 0.223 e. The van der Waals surface area contributed by atoms with Crippen molar-refractivity contribution in [3.05, 3.63) is 0 Å². The van der Waals surface area contributed by atoms with Crippen LogP contribution in [0.5, 0.6) is 0 Å². The molecule has 0 aliphatic heterocycles. The van der Waals surface area contributed by atoms with Crippen molar-refractivity contribution in [3.8, 4) is 12.3 Å². The summed E-state index contributed by atoms with van der Waals surface area (Å²) in [5.41, 5.74) is 5.37. The van der Waals surface area contributed by atoms with Crippen molar-refractivity contribution in [2.24, 2.45) is 17.6 Å². The number of ether oxygens (including phenoxy) is 3. The minimum absolute atomic E-state index is 0.131. The van der Waals surface area contributed by atoms with Crippen LogP contribution in [0.4, 0.5) is 0 Å². The van der Waals surface area contributed by atoms with Gasteiger partial charge in [0, 0.05) is 31.6 Å². The molecule has 6 heteroatoms. The van der Waals surface area contributed by atoms with Crippen LogP contribution in [0.15, 0.2) is 0 Å². The summed E-state index contributed by atoms with van der Waals surface area (Å²) in [6.07, 6.45) is 10.9. The largest absolute Gasteiger partial charge is 0.379 e. The number of carbonyl (C=O) groups excluding carboxylic acids is 1. The molecule has 1 aliphatic carbocycles. The van der Waals surface area contributed by atoms with E-state index in [4.69, 9.17) is 26.4 Å². The molecule has 25 heavy (non-hydrogen) atoms. The Bertz CT molecular complexity index is 376. The van der Waals surface area contributed by atoms with E-state index in [-0.39, 0.29) is 11.8 Å². The van der Waals surface area contributed by atoms with E-state index in [1.165, 1.54) is 0 Å². The van der Waals surface area contributed by atoms with E-state index in [9.17, 15) is 4.79 Å². The lowest BCUT2D eigenvalue weighted by molar-refractivity contribution is -0.126. The maximum Gasteiger partial charge on any atom is 0.223 e. The SMILES string of the molecule is C#CC1CCC(C(=O)NCCCOCCOCCOCCCN)CC1. The van der Waals surface area contributed by atoms with Crippen molar-refractivity contribution in [2.75, 3.05) is 52.7 Å². The standard InChI is InChI=1S/C19H34N2O4/c1-2-17-5-7-18(8-6-17)19(22)21-10-4-12-24-14-16-25-15-13-23-11-3-9-20/h1,17-18H,3-16,20H2,(H,21,22). The normalized spacial score (nSPS) is 20.2.